The molecule has 0 amide bonds. The lowest BCUT2D eigenvalue weighted by Gasteiger charge is -2.18. The molecule has 7 heteroatoms. The molecule has 22 heavy (non-hydrogen) atoms. The molecule has 0 aliphatic carbocycles. The lowest BCUT2D eigenvalue weighted by atomic mass is 10.1. The second kappa shape index (κ2) is 7.26. The average molecular weight is 321 g/mol. The molecule has 0 aliphatic heterocycles. The minimum Gasteiger partial charge on any atom is -0.350 e. The number of hydrogen-bond donors (Lipinski definition) is 2. The van der Waals surface area contributed by atoms with Crippen molar-refractivity contribution in [1.82, 2.24) is 25.4 Å². The van der Waals surface area contributed by atoms with E-state index in [-0.39, 0.29) is 6.04 Å². The van der Waals surface area contributed by atoms with Crippen LogP contribution in [0.4, 0.5) is 0 Å². The van der Waals surface area contributed by atoms with E-state index in [1.807, 2.05) is 42.8 Å². The molecule has 1 heterocycles. The van der Waals surface area contributed by atoms with Gasteiger partial charge < -0.3 is 15.2 Å². The van der Waals surface area contributed by atoms with Gasteiger partial charge in [-0.15, -0.1) is 10.2 Å². The van der Waals surface area contributed by atoms with E-state index in [0.717, 1.165) is 22.2 Å². The van der Waals surface area contributed by atoms with Gasteiger partial charge in [0.25, 0.3) is 0 Å². The van der Waals surface area contributed by atoms with Gasteiger partial charge in [0.2, 0.25) is 0 Å². The third kappa shape index (κ3) is 3.98. The summed E-state index contributed by atoms with van der Waals surface area (Å²) in [5.74, 6) is 2.44. The summed E-state index contributed by atoms with van der Waals surface area (Å²) >= 11 is 6.03. The number of halogens is 1. The summed E-state index contributed by atoms with van der Waals surface area (Å²) < 4.78 is 1.95. The zero-order valence-electron chi connectivity index (χ0n) is 13.3. The Bertz CT molecular complexity index is 664. The van der Waals surface area contributed by atoms with Crippen molar-refractivity contribution in [2.45, 2.75) is 26.4 Å². The first-order valence-electron chi connectivity index (χ1n) is 7.08. The van der Waals surface area contributed by atoms with Gasteiger partial charge in [0, 0.05) is 19.1 Å². The van der Waals surface area contributed by atoms with Crippen LogP contribution in [0.5, 0.6) is 0 Å². The van der Waals surface area contributed by atoms with E-state index >= 15 is 0 Å². The Morgan fingerprint density at radius 3 is 2.77 bits per heavy atom. The van der Waals surface area contributed by atoms with Crippen LogP contribution in [0.3, 0.4) is 0 Å². The van der Waals surface area contributed by atoms with Gasteiger partial charge in [-0.05, 0) is 31.5 Å². The molecule has 0 spiro atoms. The number of hydrogen-bond acceptors (Lipinski definition) is 3. The number of benzene rings is 1. The Balaban J connectivity index is 1.96. The molecule has 1 aromatic heterocycles. The summed E-state index contributed by atoms with van der Waals surface area (Å²) in [6.07, 6.45) is 0. The van der Waals surface area contributed by atoms with E-state index in [1.54, 1.807) is 7.05 Å². The van der Waals surface area contributed by atoms with Crippen LogP contribution < -0.4 is 10.6 Å². The number of aromatic nitrogens is 3. The maximum Gasteiger partial charge on any atom is 0.191 e. The topological polar surface area (TPSA) is 67.1 Å². The molecule has 0 radical (unpaired) electrons. The van der Waals surface area contributed by atoms with Crippen molar-refractivity contribution >= 4 is 17.6 Å². The van der Waals surface area contributed by atoms with Crippen molar-refractivity contribution in [1.29, 1.82) is 0 Å². The zero-order valence-corrected chi connectivity index (χ0v) is 14.0. The number of aryl methyl sites for hydroxylation is 1. The molecule has 1 atom stereocenters. The van der Waals surface area contributed by atoms with Crippen LogP contribution in [0.2, 0.25) is 5.02 Å². The van der Waals surface area contributed by atoms with Gasteiger partial charge in [-0.2, -0.15) is 0 Å². The Hall–Kier alpha value is -2.08. The predicted molar refractivity (Wildman–Crippen MR) is 88.9 cm³/mol. The van der Waals surface area contributed by atoms with Crippen molar-refractivity contribution in [2.24, 2.45) is 12.0 Å². The van der Waals surface area contributed by atoms with Crippen LogP contribution in [0.15, 0.2) is 29.3 Å². The van der Waals surface area contributed by atoms with Crippen LogP contribution in [0.25, 0.3) is 0 Å². The highest BCUT2D eigenvalue weighted by atomic mass is 35.5. The van der Waals surface area contributed by atoms with Crippen LogP contribution >= 0.6 is 11.6 Å². The minimum atomic E-state index is 0.0890. The van der Waals surface area contributed by atoms with Crippen LogP contribution in [-0.4, -0.2) is 27.8 Å². The Kier molecular flexibility index (Phi) is 5.38. The van der Waals surface area contributed by atoms with Crippen molar-refractivity contribution in [3.63, 3.8) is 0 Å². The van der Waals surface area contributed by atoms with Gasteiger partial charge in [0.05, 0.1) is 12.6 Å². The number of guanidine groups is 1. The molecule has 118 valence electrons. The second-order valence-corrected chi connectivity index (χ2v) is 5.51. The molecule has 1 unspecified atom stereocenters. The van der Waals surface area contributed by atoms with E-state index in [2.05, 4.69) is 32.7 Å². The van der Waals surface area contributed by atoms with Crippen LogP contribution in [0.1, 0.15) is 30.2 Å². The molecule has 0 aliphatic rings. The van der Waals surface area contributed by atoms with Crippen molar-refractivity contribution < 1.29 is 0 Å². The van der Waals surface area contributed by atoms with E-state index in [0.29, 0.717) is 12.5 Å². The first-order chi connectivity index (χ1) is 10.5. The fraction of sp³-hybridized carbons (Fsp3) is 0.400. The summed E-state index contributed by atoms with van der Waals surface area (Å²) in [6.45, 7) is 4.54. The van der Waals surface area contributed by atoms with E-state index in [1.165, 1.54) is 0 Å². The highest BCUT2D eigenvalue weighted by Gasteiger charge is 2.10. The molecule has 0 saturated carbocycles. The van der Waals surface area contributed by atoms with Crippen LogP contribution in [-0.2, 0) is 13.6 Å². The number of aliphatic imine (C=N–C) groups is 1. The van der Waals surface area contributed by atoms with Gasteiger partial charge in [-0.25, -0.2) is 0 Å². The Morgan fingerprint density at radius 1 is 1.41 bits per heavy atom. The van der Waals surface area contributed by atoms with E-state index < -0.39 is 0 Å². The average Bonchev–Trinajstić information content (AvgIpc) is 2.83. The SMILES string of the molecule is CN=C(NCc1nnc(C)n1C)NC(C)c1cccc(Cl)c1. The third-order valence-electron chi connectivity index (χ3n) is 3.52. The maximum atomic E-state index is 6.03. The maximum absolute atomic E-state index is 6.03. The molecule has 2 aromatic rings. The second-order valence-electron chi connectivity index (χ2n) is 5.07. The number of nitrogens with one attached hydrogen (secondary N) is 2. The quantitative estimate of drug-likeness (QED) is 0.669. The summed E-state index contributed by atoms with van der Waals surface area (Å²) in [4.78, 5) is 4.23. The molecule has 0 fully saturated rings. The summed E-state index contributed by atoms with van der Waals surface area (Å²) in [6, 6.07) is 7.86. The lowest BCUT2D eigenvalue weighted by molar-refractivity contribution is 0.667. The van der Waals surface area contributed by atoms with E-state index in [9.17, 15) is 0 Å². The third-order valence-corrected chi connectivity index (χ3v) is 3.76. The normalized spacial score (nSPS) is 13.0. The fourth-order valence-corrected chi connectivity index (χ4v) is 2.23. The lowest BCUT2D eigenvalue weighted by Crippen LogP contribution is -2.38. The smallest absolute Gasteiger partial charge is 0.191 e. The van der Waals surface area contributed by atoms with Crippen LogP contribution in [0, 0.1) is 6.92 Å². The largest absolute Gasteiger partial charge is 0.350 e. The van der Waals surface area contributed by atoms with Crippen molar-refractivity contribution in [3.8, 4) is 0 Å². The Labute approximate surface area is 135 Å². The molecule has 6 nitrogen and oxygen atoms in total. The fourth-order valence-electron chi connectivity index (χ4n) is 2.03. The van der Waals surface area contributed by atoms with E-state index in [4.69, 9.17) is 11.6 Å². The highest BCUT2D eigenvalue weighted by molar-refractivity contribution is 6.30. The first kappa shape index (κ1) is 16.3. The standard InChI is InChI=1S/C15H21ClN6/c1-10(12-6-5-7-13(16)8-12)19-15(17-3)18-9-14-21-20-11(2)22(14)4/h5-8,10H,9H2,1-4H3,(H2,17,18,19). The summed E-state index contributed by atoms with van der Waals surface area (Å²) in [5, 5.41) is 15.4. The molecule has 0 saturated heterocycles. The molecular formula is C15H21ClN6. The summed E-state index contributed by atoms with van der Waals surface area (Å²) in [5.41, 5.74) is 1.10. The molecular weight excluding hydrogens is 300 g/mol. The van der Waals surface area contributed by atoms with Crippen molar-refractivity contribution in [2.75, 3.05) is 7.05 Å². The molecule has 0 bridgehead atoms. The predicted octanol–water partition coefficient (Wildman–Crippen LogP) is 2.20. The highest BCUT2D eigenvalue weighted by Crippen LogP contribution is 2.17. The molecule has 1 aromatic carbocycles. The monoisotopic (exact) mass is 320 g/mol. The number of rotatable bonds is 4. The molecule has 2 rings (SSSR count). The van der Waals surface area contributed by atoms with Gasteiger partial charge in [0.15, 0.2) is 11.8 Å². The van der Waals surface area contributed by atoms with Gasteiger partial charge in [-0.3, -0.25) is 4.99 Å². The zero-order chi connectivity index (χ0) is 16.1. The minimum absolute atomic E-state index is 0.0890. The summed E-state index contributed by atoms with van der Waals surface area (Å²) in [7, 11) is 3.68. The van der Waals surface area contributed by atoms with Gasteiger partial charge >= 0.3 is 0 Å². The van der Waals surface area contributed by atoms with Gasteiger partial charge in [-0.1, -0.05) is 23.7 Å². The number of nitrogens with zero attached hydrogens (tertiary/aromatic N) is 4. The first-order valence-corrected chi connectivity index (χ1v) is 7.46. The Morgan fingerprint density at radius 2 is 2.18 bits per heavy atom. The van der Waals surface area contributed by atoms with Crippen molar-refractivity contribution in [3.05, 3.63) is 46.5 Å². The molecule has 2 N–H and O–H groups in total. The van der Waals surface area contributed by atoms with Gasteiger partial charge in [0.1, 0.15) is 5.82 Å².